The number of hydrogen-bond donors (Lipinski definition) is 3. The van der Waals surface area contributed by atoms with Gasteiger partial charge >= 0.3 is 0 Å². The number of aryl methyl sites for hydroxylation is 2. The molecule has 1 atom stereocenters. The minimum Gasteiger partial charge on any atom is -0.379 e. The molecule has 0 radical (unpaired) electrons. The number of anilines is 1. The predicted octanol–water partition coefficient (Wildman–Crippen LogP) is 2.96. The zero-order valence-electron chi connectivity index (χ0n) is 17.9. The topological polar surface area (TPSA) is 131 Å². The van der Waals surface area contributed by atoms with Crippen molar-refractivity contribution in [3.63, 3.8) is 0 Å². The summed E-state index contributed by atoms with van der Waals surface area (Å²) in [6.07, 6.45) is 9.03. The number of hydrogen-bond acceptors (Lipinski definition) is 7. The van der Waals surface area contributed by atoms with Crippen LogP contribution in [0, 0.1) is 6.92 Å². The van der Waals surface area contributed by atoms with Crippen molar-refractivity contribution in [3.8, 4) is 22.4 Å². The molecule has 0 fully saturated rings. The molecule has 0 bridgehead atoms. The SMILES string of the molecule is Cc1cc(C(C)(O)c2cc(-c3c[nH]c4ncc(-c5cnn(C)c5)cc34)nc(N)n2)ccn1. The van der Waals surface area contributed by atoms with Crippen LogP contribution in [0.2, 0.25) is 0 Å². The highest BCUT2D eigenvalue weighted by atomic mass is 16.3. The lowest BCUT2D eigenvalue weighted by Gasteiger charge is -2.24. The summed E-state index contributed by atoms with van der Waals surface area (Å²) in [5.41, 5.74) is 10.6. The zero-order valence-corrected chi connectivity index (χ0v) is 17.9. The summed E-state index contributed by atoms with van der Waals surface area (Å²) in [5, 5.41) is 16.5. The smallest absolute Gasteiger partial charge is 0.220 e. The number of H-pyrrole nitrogens is 1. The molecule has 0 spiro atoms. The second-order valence-electron chi connectivity index (χ2n) is 7.98. The summed E-state index contributed by atoms with van der Waals surface area (Å²) in [7, 11) is 1.87. The summed E-state index contributed by atoms with van der Waals surface area (Å²) in [5.74, 6) is 0.0780. The molecule has 9 heteroatoms. The first-order valence-corrected chi connectivity index (χ1v) is 10.1. The van der Waals surface area contributed by atoms with Crippen LogP contribution in [-0.2, 0) is 12.6 Å². The lowest BCUT2D eigenvalue weighted by Crippen LogP contribution is -2.25. The average molecular weight is 426 g/mol. The van der Waals surface area contributed by atoms with E-state index in [1.807, 2.05) is 38.5 Å². The van der Waals surface area contributed by atoms with Crippen LogP contribution < -0.4 is 5.73 Å². The molecule has 5 rings (SSSR count). The predicted molar refractivity (Wildman–Crippen MR) is 121 cm³/mol. The Kier molecular flexibility index (Phi) is 4.49. The van der Waals surface area contributed by atoms with Crippen molar-refractivity contribution in [1.29, 1.82) is 0 Å². The fourth-order valence-electron chi connectivity index (χ4n) is 3.79. The van der Waals surface area contributed by atoms with Crippen molar-refractivity contribution in [3.05, 3.63) is 72.2 Å². The van der Waals surface area contributed by atoms with Gasteiger partial charge in [0, 0.05) is 59.6 Å². The zero-order chi connectivity index (χ0) is 22.5. The number of aliphatic hydroxyl groups is 1. The quantitative estimate of drug-likeness (QED) is 0.402. The lowest BCUT2D eigenvalue weighted by atomic mass is 9.91. The van der Waals surface area contributed by atoms with Gasteiger partial charge in [-0.2, -0.15) is 5.10 Å². The Bertz CT molecular complexity index is 1450. The van der Waals surface area contributed by atoms with Gasteiger partial charge < -0.3 is 15.8 Å². The molecule has 5 aromatic rings. The summed E-state index contributed by atoms with van der Waals surface area (Å²) >= 11 is 0. The van der Waals surface area contributed by atoms with Gasteiger partial charge in [0.15, 0.2) is 0 Å². The van der Waals surface area contributed by atoms with Gasteiger partial charge in [0.1, 0.15) is 11.2 Å². The van der Waals surface area contributed by atoms with E-state index in [9.17, 15) is 5.11 Å². The van der Waals surface area contributed by atoms with Gasteiger partial charge in [-0.3, -0.25) is 9.67 Å². The van der Waals surface area contributed by atoms with Crippen LogP contribution in [0.4, 0.5) is 5.95 Å². The molecular weight excluding hydrogens is 404 g/mol. The molecule has 160 valence electrons. The first kappa shape index (κ1) is 19.8. The van der Waals surface area contributed by atoms with Gasteiger partial charge in [0.2, 0.25) is 5.95 Å². The van der Waals surface area contributed by atoms with Crippen LogP contribution in [-0.4, -0.2) is 39.8 Å². The minimum absolute atomic E-state index is 0.0780. The third-order valence-corrected chi connectivity index (χ3v) is 5.55. The number of aromatic amines is 1. The third kappa shape index (κ3) is 3.38. The average Bonchev–Trinajstić information content (AvgIpc) is 3.39. The molecule has 9 nitrogen and oxygen atoms in total. The second-order valence-corrected chi connectivity index (χ2v) is 7.98. The molecule has 0 aliphatic heterocycles. The van der Waals surface area contributed by atoms with Gasteiger partial charge in [-0.25, -0.2) is 15.0 Å². The van der Waals surface area contributed by atoms with Gasteiger partial charge in [-0.15, -0.1) is 0 Å². The first-order chi connectivity index (χ1) is 15.3. The van der Waals surface area contributed by atoms with Gasteiger partial charge in [-0.1, -0.05) is 0 Å². The number of pyridine rings is 2. The molecule has 1 unspecified atom stereocenters. The van der Waals surface area contributed by atoms with E-state index in [0.717, 1.165) is 33.4 Å². The van der Waals surface area contributed by atoms with Crippen molar-refractivity contribution < 1.29 is 5.11 Å². The maximum absolute atomic E-state index is 11.3. The van der Waals surface area contributed by atoms with E-state index >= 15 is 0 Å². The number of nitrogens with one attached hydrogen (secondary N) is 1. The number of nitrogen functional groups attached to an aromatic ring is 1. The highest BCUT2D eigenvalue weighted by Crippen LogP contribution is 2.34. The summed E-state index contributed by atoms with van der Waals surface area (Å²) in [6.45, 7) is 3.56. The van der Waals surface area contributed by atoms with Crippen molar-refractivity contribution in [2.75, 3.05) is 5.73 Å². The van der Waals surface area contributed by atoms with Crippen molar-refractivity contribution >= 4 is 17.0 Å². The van der Waals surface area contributed by atoms with E-state index in [-0.39, 0.29) is 5.95 Å². The monoisotopic (exact) mass is 426 g/mol. The van der Waals surface area contributed by atoms with E-state index in [4.69, 9.17) is 5.73 Å². The highest BCUT2D eigenvalue weighted by Gasteiger charge is 2.29. The molecule has 0 saturated carbocycles. The molecule has 0 aromatic carbocycles. The molecule has 0 aliphatic rings. The van der Waals surface area contributed by atoms with E-state index in [1.165, 1.54) is 0 Å². The molecule has 0 aliphatic carbocycles. The highest BCUT2D eigenvalue weighted by molar-refractivity contribution is 5.95. The fourth-order valence-corrected chi connectivity index (χ4v) is 3.79. The number of aromatic nitrogens is 7. The Morgan fingerprint density at radius 1 is 1.09 bits per heavy atom. The maximum atomic E-state index is 11.3. The Balaban J connectivity index is 1.63. The first-order valence-electron chi connectivity index (χ1n) is 10.1. The van der Waals surface area contributed by atoms with Crippen molar-refractivity contribution in [2.24, 2.45) is 7.05 Å². The standard InChI is InChI=1S/C23H22N8O/c1-13-6-16(4-5-25-13)23(2,32)20-8-19(29-22(24)30-20)18-11-27-21-17(18)7-14(9-26-21)15-10-28-31(3)12-15/h4-12,32H,1-3H3,(H,26,27)(H2,24,29,30). The summed E-state index contributed by atoms with van der Waals surface area (Å²) in [4.78, 5) is 20.7. The number of fused-ring (bicyclic) bond motifs is 1. The molecule has 4 N–H and O–H groups in total. The summed E-state index contributed by atoms with van der Waals surface area (Å²) < 4.78 is 1.75. The van der Waals surface area contributed by atoms with Crippen LogP contribution in [0.1, 0.15) is 23.9 Å². The Morgan fingerprint density at radius 2 is 1.94 bits per heavy atom. The largest absolute Gasteiger partial charge is 0.379 e. The normalized spacial score (nSPS) is 13.4. The number of nitrogens with two attached hydrogens (primary N) is 1. The Hall–Kier alpha value is -4.11. The molecular formula is C23H22N8O. The van der Waals surface area contributed by atoms with E-state index in [0.29, 0.717) is 17.0 Å². The molecule has 5 aromatic heterocycles. The van der Waals surface area contributed by atoms with Gasteiger partial charge in [0.05, 0.1) is 17.6 Å². The van der Waals surface area contributed by atoms with Crippen molar-refractivity contribution in [2.45, 2.75) is 19.4 Å². The number of nitrogens with zero attached hydrogens (tertiary/aromatic N) is 6. The Morgan fingerprint density at radius 3 is 2.69 bits per heavy atom. The molecule has 32 heavy (non-hydrogen) atoms. The second kappa shape index (κ2) is 7.24. The molecule has 5 heterocycles. The van der Waals surface area contributed by atoms with Crippen LogP contribution in [0.5, 0.6) is 0 Å². The fraction of sp³-hybridized carbons (Fsp3) is 0.174. The maximum Gasteiger partial charge on any atom is 0.220 e. The van der Waals surface area contributed by atoms with Crippen LogP contribution in [0.25, 0.3) is 33.4 Å². The van der Waals surface area contributed by atoms with Crippen molar-refractivity contribution in [1.82, 2.24) is 34.7 Å². The Labute approximate surface area is 184 Å². The molecule has 0 saturated heterocycles. The summed E-state index contributed by atoms with van der Waals surface area (Å²) in [6, 6.07) is 7.38. The van der Waals surface area contributed by atoms with Crippen LogP contribution in [0.3, 0.4) is 0 Å². The lowest BCUT2D eigenvalue weighted by molar-refractivity contribution is 0.0973. The minimum atomic E-state index is -1.37. The van der Waals surface area contributed by atoms with E-state index in [1.54, 1.807) is 42.3 Å². The number of rotatable bonds is 4. The third-order valence-electron chi connectivity index (χ3n) is 5.55. The van der Waals surface area contributed by atoms with E-state index in [2.05, 4.69) is 30.0 Å². The van der Waals surface area contributed by atoms with Crippen LogP contribution in [0.15, 0.2) is 55.2 Å². The molecule has 0 amide bonds. The van der Waals surface area contributed by atoms with Crippen LogP contribution >= 0.6 is 0 Å². The van der Waals surface area contributed by atoms with E-state index < -0.39 is 5.60 Å². The van der Waals surface area contributed by atoms with Gasteiger partial charge in [0.25, 0.3) is 0 Å². The van der Waals surface area contributed by atoms with Gasteiger partial charge in [-0.05, 0) is 43.7 Å².